The summed E-state index contributed by atoms with van der Waals surface area (Å²) in [5.41, 5.74) is 2.70. The highest BCUT2D eigenvalue weighted by atomic mass is 16.5. The molecular formula is C23H22N4O3. The first-order valence-corrected chi connectivity index (χ1v) is 9.58. The van der Waals surface area contributed by atoms with E-state index in [4.69, 9.17) is 9.15 Å². The molecule has 0 bridgehead atoms. The summed E-state index contributed by atoms with van der Waals surface area (Å²) in [6.45, 7) is 3.87. The van der Waals surface area contributed by atoms with Crippen LogP contribution in [0.15, 0.2) is 71.4 Å². The number of rotatable bonds is 6. The minimum absolute atomic E-state index is 0.246. The lowest BCUT2D eigenvalue weighted by atomic mass is 10.1. The summed E-state index contributed by atoms with van der Waals surface area (Å²) < 4.78 is 12.7. The molecule has 3 heterocycles. The third-order valence-corrected chi connectivity index (χ3v) is 4.93. The van der Waals surface area contributed by atoms with Crippen LogP contribution in [0.2, 0.25) is 0 Å². The van der Waals surface area contributed by atoms with Crippen molar-refractivity contribution in [3.05, 3.63) is 84.0 Å². The molecule has 1 amide bonds. The van der Waals surface area contributed by atoms with Gasteiger partial charge >= 0.3 is 0 Å². The van der Waals surface area contributed by atoms with Crippen LogP contribution >= 0.6 is 0 Å². The smallest absolute Gasteiger partial charge is 0.287 e. The molecule has 0 aliphatic heterocycles. The predicted molar refractivity (Wildman–Crippen MR) is 113 cm³/mol. The van der Waals surface area contributed by atoms with Crippen molar-refractivity contribution < 1.29 is 13.9 Å². The van der Waals surface area contributed by atoms with Crippen LogP contribution in [-0.4, -0.2) is 27.8 Å². The first-order chi connectivity index (χ1) is 14.6. The van der Waals surface area contributed by atoms with Crippen LogP contribution in [0.4, 0.5) is 0 Å². The Hall–Kier alpha value is -3.87. The summed E-state index contributed by atoms with van der Waals surface area (Å²) >= 11 is 0. The van der Waals surface area contributed by atoms with E-state index in [2.05, 4.69) is 15.4 Å². The summed E-state index contributed by atoms with van der Waals surface area (Å²) in [7, 11) is 1.62. The number of hydrogen-bond donors (Lipinski definition) is 1. The van der Waals surface area contributed by atoms with Crippen LogP contribution in [-0.2, 0) is 0 Å². The van der Waals surface area contributed by atoms with Crippen molar-refractivity contribution in [1.82, 2.24) is 20.1 Å². The minimum Gasteiger partial charge on any atom is -0.497 e. The topological polar surface area (TPSA) is 82.2 Å². The number of carbonyl (C=O) groups excluding carboxylic acids is 1. The van der Waals surface area contributed by atoms with E-state index in [1.807, 2.05) is 56.3 Å². The van der Waals surface area contributed by atoms with Crippen LogP contribution in [0.5, 0.6) is 5.75 Å². The molecule has 4 aromatic rings. The van der Waals surface area contributed by atoms with Crippen LogP contribution in [0.3, 0.4) is 0 Å². The molecule has 1 N–H and O–H groups in total. The lowest BCUT2D eigenvalue weighted by molar-refractivity contribution is 0.0912. The Kier molecular flexibility index (Phi) is 5.34. The average Bonchev–Trinajstić information content (AvgIpc) is 3.42. The van der Waals surface area contributed by atoms with Crippen molar-refractivity contribution in [3.63, 3.8) is 0 Å². The zero-order chi connectivity index (χ0) is 21.1. The maximum absolute atomic E-state index is 12.7. The van der Waals surface area contributed by atoms with E-state index < -0.39 is 0 Å². The molecule has 4 rings (SSSR count). The third-order valence-electron chi connectivity index (χ3n) is 4.93. The van der Waals surface area contributed by atoms with E-state index in [9.17, 15) is 4.79 Å². The van der Waals surface area contributed by atoms with Gasteiger partial charge in [0.1, 0.15) is 11.5 Å². The molecular weight excluding hydrogens is 380 g/mol. The number of benzene rings is 1. The fourth-order valence-electron chi connectivity index (χ4n) is 3.27. The molecule has 30 heavy (non-hydrogen) atoms. The van der Waals surface area contributed by atoms with Crippen LogP contribution in [0.25, 0.3) is 17.1 Å². The predicted octanol–water partition coefficient (Wildman–Crippen LogP) is 4.34. The van der Waals surface area contributed by atoms with Gasteiger partial charge in [-0.2, -0.15) is 5.10 Å². The molecule has 1 unspecified atom stereocenters. The largest absolute Gasteiger partial charge is 0.497 e. The van der Waals surface area contributed by atoms with Crippen molar-refractivity contribution in [1.29, 1.82) is 0 Å². The van der Waals surface area contributed by atoms with Crippen molar-refractivity contribution in [2.24, 2.45) is 0 Å². The quantitative estimate of drug-likeness (QED) is 0.519. The van der Waals surface area contributed by atoms with Gasteiger partial charge in [0.25, 0.3) is 5.91 Å². The maximum Gasteiger partial charge on any atom is 0.287 e. The lowest BCUT2D eigenvalue weighted by Gasteiger charge is -2.13. The highest BCUT2D eigenvalue weighted by Gasteiger charge is 2.19. The second kappa shape index (κ2) is 8.24. The Bertz CT molecular complexity index is 1150. The van der Waals surface area contributed by atoms with E-state index in [0.717, 1.165) is 28.4 Å². The molecule has 3 aromatic heterocycles. The van der Waals surface area contributed by atoms with Crippen molar-refractivity contribution >= 4 is 5.91 Å². The summed E-state index contributed by atoms with van der Waals surface area (Å²) in [6.07, 6.45) is 3.47. The Morgan fingerprint density at radius 1 is 1.13 bits per heavy atom. The summed E-state index contributed by atoms with van der Waals surface area (Å²) in [4.78, 5) is 17.0. The van der Waals surface area contributed by atoms with Crippen LogP contribution in [0.1, 0.15) is 34.8 Å². The molecule has 7 nitrogen and oxygen atoms in total. The van der Waals surface area contributed by atoms with Crippen molar-refractivity contribution in [2.45, 2.75) is 19.9 Å². The third kappa shape index (κ3) is 3.82. The second-order valence-corrected chi connectivity index (χ2v) is 6.87. The Morgan fingerprint density at radius 3 is 2.63 bits per heavy atom. The Labute approximate surface area is 174 Å². The number of ether oxygens (including phenoxy) is 1. The molecule has 0 aliphatic rings. The molecule has 7 heteroatoms. The van der Waals surface area contributed by atoms with Gasteiger partial charge in [-0.1, -0.05) is 6.07 Å². The van der Waals surface area contributed by atoms with Crippen molar-refractivity contribution in [3.8, 4) is 22.9 Å². The van der Waals surface area contributed by atoms with Crippen LogP contribution in [0, 0.1) is 6.92 Å². The molecule has 152 valence electrons. The normalized spacial score (nSPS) is 11.8. The van der Waals surface area contributed by atoms with Gasteiger partial charge in [0, 0.05) is 23.0 Å². The van der Waals surface area contributed by atoms with Gasteiger partial charge in [0.2, 0.25) is 0 Å². The van der Waals surface area contributed by atoms with Crippen molar-refractivity contribution in [2.75, 3.05) is 7.11 Å². The van der Waals surface area contributed by atoms with E-state index in [1.165, 1.54) is 0 Å². The van der Waals surface area contributed by atoms with Gasteiger partial charge in [-0.05, 0) is 62.4 Å². The van der Waals surface area contributed by atoms with E-state index in [-0.39, 0.29) is 17.7 Å². The molecule has 0 saturated heterocycles. The molecule has 0 spiro atoms. The summed E-state index contributed by atoms with van der Waals surface area (Å²) in [5.74, 6) is 2.08. The number of carbonyl (C=O) groups is 1. The Balaban J connectivity index is 1.48. The molecule has 0 saturated carbocycles. The van der Waals surface area contributed by atoms with E-state index >= 15 is 0 Å². The number of methoxy groups -OCH3 is 1. The zero-order valence-electron chi connectivity index (χ0n) is 17.0. The highest BCUT2D eigenvalue weighted by Crippen LogP contribution is 2.25. The SMILES string of the molecule is COc1ccc(-c2ccc(C(=O)NC(C)c3cnn(-c4ccccn4)c3C)o2)cc1. The molecule has 1 aromatic carbocycles. The molecule has 0 aliphatic carbocycles. The maximum atomic E-state index is 12.7. The highest BCUT2D eigenvalue weighted by molar-refractivity contribution is 5.92. The molecule has 1 atom stereocenters. The van der Waals surface area contributed by atoms with Gasteiger partial charge < -0.3 is 14.5 Å². The van der Waals surface area contributed by atoms with E-state index in [0.29, 0.717) is 5.76 Å². The number of pyridine rings is 1. The molecule has 0 radical (unpaired) electrons. The minimum atomic E-state index is -0.285. The van der Waals surface area contributed by atoms with E-state index in [1.54, 1.807) is 36.3 Å². The monoisotopic (exact) mass is 402 g/mol. The fraction of sp³-hybridized carbons (Fsp3) is 0.174. The first-order valence-electron chi connectivity index (χ1n) is 9.58. The van der Waals surface area contributed by atoms with Gasteiger partial charge in [-0.15, -0.1) is 0 Å². The van der Waals surface area contributed by atoms with Gasteiger partial charge in [0.15, 0.2) is 11.6 Å². The number of nitrogens with one attached hydrogen (secondary N) is 1. The first kappa shape index (κ1) is 19.4. The zero-order valence-corrected chi connectivity index (χ0v) is 17.0. The van der Waals surface area contributed by atoms with Gasteiger partial charge in [0.05, 0.1) is 19.3 Å². The second-order valence-electron chi connectivity index (χ2n) is 6.87. The van der Waals surface area contributed by atoms with Crippen LogP contribution < -0.4 is 10.1 Å². The number of hydrogen-bond acceptors (Lipinski definition) is 5. The average molecular weight is 402 g/mol. The number of furan rings is 1. The number of nitrogens with zero attached hydrogens (tertiary/aromatic N) is 3. The van der Waals surface area contributed by atoms with Gasteiger partial charge in [-0.25, -0.2) is 9.67 Å². The summed E-state index contributed by atoms with van der Waals surface area (Å²) in [6, 6.07) is 16.3. The molecule has 0 fully saturated rings. The lowest BCUT2D eigenvalue weighted by Crippen LogP contribution is -2.26. The number of aromatic nitrogens is 3. The standard InChI is InChI=1S/C23H22N4O3/c1-15(19-14-25-27(16(19)2)22-6-4-5-13-24-22)26-23(28)21-12-11-20(30-21)17-7-9-18(29-3)10-8-17/h4-15H,1-3H3,(H,26,28). The number of amides is 1. The fourth-order valence-corrected chi connectivity index (χ4v) is 3.27. The van der Waals surface area contributed by atoms with Gasteiger partial charge in [-0.3, -0.25) is 4.79 Å². The Morgan fingerprint density at radius 2 is 1.93 bits per heavy atom. The summed E-state index contributed by atoms with van der Waals surface area (Å²) in [5, 5.41) is 7.39.